The summed E-state index contributed by atoms with van der Waals surface area (Å²) >= 11 is 1.15. The predicted molar refractivity (Wildman–Crippen MR) is 64.0 cm³/mol. The van der Waals surface area contributed by atoms with Crippen LogP contribution in [-0.2, 0) is 4.79 Å². The lowest BCUT2D eigenvalue weighted by Crippen LogP contribution is -1.90. The van der Waals surface area contributed by atoms with Crippen LogP contribution in [0, 0.1) is 5.82 Å². The monoisotopic (exact) mass is 238 g/mol. The number of aldehydes is 1. The van der Waals surface area contributed by atoms with E-state index in [0.29, 0.717) is 17.6 Å². The summed E-state index contributed by atoms with van der Waals surface area (Å²) in [4.78, 5) is 21.1. The van der Waals surface area contributed by atoms with Crippen LogP contribution < -0.4 is 0 Å². The minimum atomic E-state index is -0.526. The SMILES string of the molecule is CC(=O)SCC=Cc1cccc(C=O)c1F. The highest BCUT2D eigenvalue weighted by Crippen LogP contribution is 2.13. The maximum Gasteiger partial charge on any atom is 0.186 e. The average molecular weight is 238 g/mol. The number of hydrogen-bond donors (Lipinski definition) is 0. The zero-order valence-corrected chi connectivity index (χ0v) is 9.59. The summed E-state index contributed by atoms with van der Waals surface area (Å²) in [6, 6.07) is 4.62. The molecule has 0 N–H and O–H groups in total. The van der Waals surface area contributed by atoms with Crippen molar-refractivity contribution in [2.45, 2.75) is 6.92 Å². The van der Waals surface area contributed by atoms with E-state index in [1.165, 1.54) is 13.0 Å². The molecule has 0 aliphatic heterocycles. The smallest absolute Gasteiger partial charge is 0.186 e. The number of carbonyl (C=O) groups excluding carboxylic acids is 2. The highest BCUT2D eigenvalue weighted by atomic mass is 32.2. The van der Waals surface area contributed by atoms with E-state index in [1.807, 2.05) is 0 Å². The van der Waals surface area contributed by atoms with Crippen LogP contribution >= 0.6 is 11.8 Å². The lowest BCUT2D eigenvalue weighted by Gasteiger charge is -1.98. The minimum absolute atomic E-state index is 0.0202. The van der Waals surface area contributed by atoms with Gasteiger partial charge in [0.2, 0.25) is 0 Å². The zero-order chi connectivity index (χ0) is 12.0. The number of halogens is 1. The third-order valence-electron chi connectivity index (χ3n) is 1.87. The Morgan fingerprint density at radius 2 is 2.12 bits per heavy atom. The third-order valence-corrected chi connectivity index (χ3v) is 2.63. The molecule has 0 saturated carbocycles. The summed E-state index contributed by atoms with van der Waals surface area (Å²) in [6.45, 7) is 1.48. The quantitative estimate of drug-likeness (QED) is 0.756. The van der Waals surface area contributed by atoms with Crippen LogP contribution in [-0.4, -0.2) is 17.2 Å². The Balaban J connectivity index is 2.73. The van der Waals surface area contributed by atoms with E-state index >= 15 is 0 Å². The summed E-state index contributed by atoms with van der Waals surface area (Å²) in [7, 11) is 0. The number of rotatable bonds is 4. The van der Waals surface area contributed by atoms with Gasteiger partial charge in [0.25, 0.3) is 0 Å². The summed E-state index contributed by atoms with van der Waals surface area (Å²) < 4.78 is 13.5. The fraction of sp³-hybridized carbons (Fsp3) is 0.167. The van der Waals surface area contributed by atoms with Crippen LogP contribution in [0.4, 0.5) is 4.39 Å². The van der Waals surface area contributed by atoms with Crippen molar-refractivity contribution in [2.24, 2.45) is 0 Å². The Morgan fingerprint density at radius 1 is 1.44 bits per heavy atom. The second-order valence-corrected chi connectivity index (χ2v) is 4.27. The summed E-state index contributed by atoms with van der Waals surface area (Å²) in [5.74, 6) is -0.0262. The van der Waals surface area contributed by atoms with E-state index in [9.17, 15) is 14.0 Å². The van der Waals surface area contributed by atoms with E-state index in [2.05, 4.69) is 0 Å². The van der Waals surface area contributed by atoms with Crippen LogP contribution in [0.2, 0.25) is 0 Å². The van der Waals surface area contributed by atoms with Gasteiger partial charge in [0.15, 0.2) is 11.4 Å². The lowest BCUT2D eigenvalue weighted by molar-refractivity contribution is -0.109. The van der Waals surface area contributed by atoms with Crippen molar-refractivity contribution < 1.29 is 14.0 Å². The fourth-order valence-electron chi connectivity index (χ4n) is 1.13. The molecular weight excluding hydrogens is 227 g/mol. The van der Waals surface area contributed by atoms with Gasteiger partial charge in [-0.3, -0.25) is 9.59 Å². The molecule has 16 heavy (non-hydrogen) atoms. The third kappa shape index (κ3) is 3.62. The number of benzene rings is 1. The predicted octanol–water partition coefficient (Wildman–Crippen LogP) is 2.93. The molecule has 1 rings (SSSR count). The molecule has 1 aromatic rings. The maximum atomic E-state index is 13.5. The number of hydrogen-bond acceptors (Lipinski definition) is 3. The molecule has 1 aromatic carbocycles. The van der Waals surface area contributed by atoms with Crippen molar-refractivity contribution in [1.82, 2.24) is 0 Å². The molecule has 0 saturated heterocycles. The summed E-state index contributed by atoms with van der Waals surface area (Å²) in [6.07, 6.45) is 3.74. The van der Waals surface area contributed by atoms with Gasteiger partial charge in [0, 0.05) is 18.2 Å². The Morgan fingerprint density at radius 3 is 2.75 bits per heavy atom. The van der Waals surface area contributed by atoms with Crippen molar-refractivity contribution in [3.63, 3.8) is 0 Å². The molecule has 0 amide bonds. The van der Waals surface area contributed by atoms with Gasteiger partial charge in [-0.1, -0.05) is 36.0 Å². The zero-order valence-electron chi connectivity index (χ0n) is 8.77. The molecule has 0 radical (unpaired) electrons. The molecule has 0 bridgehead atoms. The Labute approximate surface area is 97.5 Å². The molecule has 4 heteroatoms. The molecule has 0 aromatic heterocycles. The second-order valence-electron chi connectivity index (χ2n) is 3.07. The molecule has 0 aliphatic rings. The van der Waals surface area contributed by atoms with E-state index < -0.39 is 5.82 Å². The van der Waals surface area contributed by atoms with Crippen molar-refractivity contribution in [3.05, 3.63) is 41.2 Å². The molecule has 0 aliphatic carbocycles. The first-order chi connectivity index (χ1) is 7.65. The van der Waals surface area contributed by atoms with E-state index in [4.69, 9.17) is 0 Å². The fourth-order valence-corrected chi connectivity index (χ4v) is 1.56. The Hall–Kier alpha value is -1.42. The first-order valence-corrected chi connectivity index (χ1v) is 5.67. The van der Waals surface area contributed by atoms with Gasteiger partial charge in [-0.05, 0) is 6.07 Å². The lowest BCUT2D eigenvalue weighted by atomic mass is 10.1. The van der Waals surface area contributed by atoms with Gasteiger partial charge >= 0.3 is 0 Å². The highest BCUT2D eigenvalue weighted by Gasteiger charge is 2.03. The molecule has 0 atom stereocenters. The molecule has 2 nitrogen and oxygen atoms in total. The van der Waals surface area contributed by atoms with Gasteiger partial charge in [-0.15, -0.1) is 0 Å². The molecule has 0 heterocycles. The molecule has 0 unspecified atom stereocenters. The van der Waals surface area contributed by atoms with Crippen molar-refractivity contribution in [1.29, 1.82) is 0 Å². The van der Waals surface area contributed by atoms with Crippen molar-refractivity contribution in [3.8, 4) is 0 Å². The molecular formula is C12H11FO2S. The van der Waals surface area contributed by atoms with E-state index in [1.54, 1.807) is 24.3 Å². The largest absolute Gasteiger partial charge is 0.298 e. The van der Waals surface area contributed by atoms with E-state index in [-0.39, 0.29) is 10.7 Å². The second kappa shape index (κ2) is 6.23. The van der Waals surface area contributed by atoms with Crippen molar-refractivity contribution >= 4 is 29.2 Å². The number of thioether (sulfide) groups is 1. The summed E-state index contributed by atoms with van der Waals surface area (Å²) in [5, 5.41) is 0.0202. The maximum absolute atomic E-state index is 13.5. The Bertz CT molecular complexity index is 427. The van der Waals surface area contributed by atoms with Gasteiger partial charge in [-0.25, -0.2) is 4.39 Å². The molecule has 0 fully saturated rings. The standard InChI is InChI=1S/C12H11FO2S/c1-9(15)16-7-3-6-10-4-2-5-11(8-14)12(10)13/h2-6,8H,7H2,1H3. The summed E-state index contributed by atoms with van der Waals surface area (Å²) in [5.41, 5.74) is 0.398. The van der Waals surface area contributed by atoms with Gasteiger partial charge in [0.05, 0.1) is 5.56 Å². The van der Waals surface area contributed by atoms with Crippen LogP contribution in [0.25, 0.3) is 6.08 Å². The highest BCUT2D eigenvalue weighted by molar-refractivity contribution is 8.13. The average Bonchev–Trinajstić information content (AvgIpc) is 2.26. The van der Waals surface area contributed by atoms with Gasteiger partial charge in [0.1, 0.15) is 5.82 Å². The molecule has 0 spiro atoms. The topological polar surface area (TPSA) is 34.1 Å². The molecule has 84 valence electrons. The van der Waals surface area contributed by atoms with Crippen LogP contribution in [0.5, 0.6) is 0 Å². The van der Waals surface area contributed by atoms with Crippen molar-refractivity contribution in [2.75, 3.05) is 5.75 Å². The van der Waals surface area contributed by atoms with Gasteiger partial charge in [-0.2, -0.15) is 0 Å². The first-order valence-electron chi connectivity index (χ1n) is 4.68. The normalized spacial score (nSPS) is 10.6. The van der Waals surface area contributed by atoms with Crippen LogP contribution in [0.3, 0.4) is 0 Å². The number of carbonyl (C=O) groups is 2. The van der Waals surface area contributed by atoms with Gasteiger partial charge < -0.3 is 0 Å². The minimum Gasteiger partial charge on any atom is -0.298 e. The van der Waals surface area contributed by atoms with E-state index in [0.717, 1.165) is 11.8 Å². The van der Waals surface area contributed by atoms with Crippen LogP contribution in [0.15, 0.2) is 24.3 Å². The van der Waals surface area contributed by atoms with Crippen LogP contribution in [0.1, 0.15) is 22.8 Å². The first kappa shape index (κ1) is 12.6. The Kier molecular flexibility index (Phi) is 4.92.